The highest BCUT2D eigenvalue weighted by Gasteiger charge is 2.14. The standard InChI is InChI=1S/C16H26N2O2/c1-5-20-14-8-6-13(7-9-14)16(19)18(4)11-10-15(17)12(2)3/h6-9,12,15H,5,10-11,17H2,1-4H3. The molecular formula is C16H26N2O2. The zero-order chi connectivity index (χ0) is 15.1. The summed E-state index contributed by atoms with van der Waals surface area (Å²) in [7, 11) is 1.81. The van der Waals surface area contributed by atoms with Gasteiger partial charge in [-0.25, -0.2) is 0 Å². The predicted octanol–water partition coefficient (Wildman–Crippen LogP) is 2.53. The number of hydrogen-bond donors (Lipinski definition) is 1. The van der Waals surface area contributed by atoms with Gasteiger partial charge in [-0.15, -0.1) is 0 Å². The van der Waals surface area contributed by atoms with Gasteiger partial charge in [-0.2, -0.15) is 0 Å². The Bertz CT molecular complexity index is 415. The Morgan fingerprint density at radius 2 is 1.90 bits per heavy atom. The van der Waals surface area contributed by atoms with E-state index in [1.165, 1.54) is 0 Å². The summed E-state index contributed by atoms with van der Waals surface area (Å²) in [6.07, 6.45) is 0.816. The van der Waals surface area contributed by atoms with Crippen molar-refractivity contribution in [3.8, 4) is 5.75 Å². The van der Waals surface area contributed by atoms with Gasteiger partial charge in [0, 0.05) is 25.2 Å². The minimum Gasteiger partial charge on any atom is -0.494 e. The Balaban J connectivity index is 2.55. The van der Waals surface area contributed by atoms with Crippen LogP contribution in [0.5, 0.6) is 5.75 Å². The van der Waals surface area contributed by atoms with Crippen LogP contribution in [0, 0.1) is 5.92 Å². The van der Waals surface area contributed by atoms with E-state index in [1.807, 2.05) is 26.1 Å². The Kier molecular flexibility index (Phi) is 6.52. The molecule has 0 saturated heterocycles. The highest BCUT2D eigenvalue weighted by Crippen LogP contribution is 2.14. The number of carbonyl (C=O) groups is 1. The van der Waals surface area contributed by atoms with E-state index in [1.54, 1.807) is 17.0 Å². The van der Waals surface area contributed by atoms with Crippen molar-refractivity contribution in [3.05, 3.63) is 29.8 Å². The zero-order valence-corrected chi connectivity index (χ0v) is 12.9. The Morgan fingerprint density at radius 3 is 2.40 bits per heavy atom. The van der Waals surface area contributed by atoms with Crippen LogP contribution < -0.4 is 10.5 Å². The molecule has 0 fully saturated rings. The van der Waals surface area contributed by atoms with Crippen molar-refractivity contribution in [1.29, 1.82) is 0 Å². The summed E-state index contributed by atoms with van der Waals surface area (Å²) in [4.78, 5) is 14.0. The molecule has 4 heteroatoms. The number of hydrogen-bond acceptors (Lipinski definition) is 3. The second kappa shape index (κ2) is 7.90. The SMILES string of the molecule is CCOc1ccc(C(=O)N(C)CCC(N)C(C)C)cc1. The first-order valence-electron chi connectivity index (χ1n) is 7.19. The lowest BCUT2D eigenvalue weighted by molar-refractivity contribution is 0.0789. The van der Waals surface area contributed by atoms with Crippen LogP contribution in [0.25, 0.3) is 0 Å². The van der Waals surface area contributed by atoms with Crippen LogP contribution in [-0.2, 0) is 0 Å². The van der Waals surface area contributed by atoms with E-state index in [0.29, 0.717) is 24.6 Å². The van der Waals surface area contributed by atoms with Gasteiger partial charge in [0.15, 0.2) is 0 Å². The van der Waals surface area contributed by atoms with Crippen LogP contribution in [0.3, 0.4) is 0 Å². The van der Waals surface area contributed by atoms with Crippen LogP contribution in [0.4, 0.5) is 0 Å². The molecule has 112 valence electrons. The third-order valence-electron chi connectivity index (χ3n) is 3.41. The average Bonchev–Trinajstić information content (AvgIpc) is 2.44. The molecule has 0 bridgehead atoms. The van der Waals surface area contributed by atoms with Crippen molar-refractivity contribution in [2.45, 2.75) is 33.2 Å². The van der Waals surface area contributed by atoms with Gasteiger partial charge in [-0.05, 0) is 43.5 Å². The number of carbonyl (C=O) groups excluding carboxylic acids is 1. The van der Waals surface area contributed by atoms with E-state index in [4.69, 9.17) is 10.5 Å². The molecule has 4 nitrogen and oxygen atoms in total. The second-order valence-electron chi connectivity index (χ2n) is 5.38. The van der Waals surface area contributed by atoms with E-state index < -0.39 is 0 Å². The predicted molar refractivity (Wildman–Crippen MR) is 82.0 cm³/mol. The fourth-order valence-electron chi connectivity index (χ4n) is 1.86. The maximum Gasteiger partial charge on any atom is 0.253 e. The third-order valence-corrected chi connectivity index (χ3v) is 3.41. The highest BCUT2D eigenvalue weighted by atomic mass is 16.5. The van der Waals surface area contributed by atoms with Crippen molar-refractivity contribution in [2.75, 3.05) is 20.2 Å². The molecule has 1 rings (SSSR count). The van der Waals surface area contributed by atoms with E-state index >= 15 is 0 Å². The molecule has 0 aliphatic heterocycles. The van der Waals surface area contributed by atoms with Crippen molar-refractivity contribution in [3.63, 3.8) is 0 Å². The molecule has 0 saturated carbocycles. The lowest BCUT2D eigenvalue weighted by Crippen LogP contribution is -2.34. The zero-order valence-electron chi connectivity index (χ0n) is 12.9. The summed E-state index contributed by atoms with van der Waals surface area (Å²) in [5.41, 5.74) is 6.68. The number of benzene rings is 1. The topological polar surface area (TPSA) is 55.6 Å². The van der Waals surface area contributed by atoms with E-state index in [2.05, 4.69) is 13.8 Å². The maximum atomic E-state index is 12.2. The van der Waals surface area contributed by atoms with Gasteiger partial charge >= 0.3 is 0 Å². The summed E-state index contributed by atoms with van der Waals surface area (Å²) >= 11 is 0. The Hall–Kier alpha value is -1.55. The molecule has 1 aromatic carbocycles. The van der Waals surface area contributed by atoms with E-state index in [9.17, 15) is 4.79 Å². The van der Waals surface area contributed by atoms with Crippen LogP contribution in [0.2, 0.25) is 0 Å². The van der Waals surface area contributed by atoms with Crippen molar-refractivity contribution in [2.24, 2.45) is 11.7 Å². The third kappa shape index (κ3) is 4.85. The quantitative estimate of drug-likeness (QED) is 0.834. The summed E-state index contributed by atoms with van der Waals surface area (Å²) < 4.78 is 5.36. The van der Waals surface area contributed by atoms with E-state index in [-0.39, 0.29) is 11.9 Å². The van der Waals surface area contributed by atoms with Crippen molar-refractivity contribution in [1.82, 2.24) is 4.90 Å². The van der Waals surface area contributed by atoms with Gasteiger partial charge < -0.3 is 15.4 Å². The van der Waals surface area contributed by atoms with Crippen molar-refractivity contribution < 1.29 is 9.53 Å². The molecule has 1 unspecified atom stereocenters. The Labute approximate surface area is 121 Å². The first-order valence-corrected chi connectivity index (χ1v) is 7.19. The van der Waals surface area contributed by atoms with Gasteiger partial charge in [-0.1, -0.05) is 13.8 Å². The average molecular weight is 278 g/mol. The van der Waals surface area contributed by atoms with Gasteiger partial charge in [0.1, 0.15) is 5.75 Å². The molecule has 2 N–H and O–H groups in total. The second-order valence-corrected chi connectivity index (χ2v) is 5.38. The van der Waals surface area contributed by atoms with Gasteiger partial charge in [0.2, 0.25) is 0 Å². The van der Waals surface area contributed by atoms with Crippen LogP contribution in [-0.4, -0.2) is 37.0 Å². The van der Waals surface area contributed by atoms with Gasteiger partial charge in [0.25, 0.3) is 5.91 Å². The molecule has 1 atom stereocenters. The molecule has 0 spiro atoms. The lowest BCUT2D eigenvalue weighted by atomic mass is 10.0. The summed E-state index contributed by atoms with van der Waals surface area (Å²) in [5, 5.41) is 0. The Morgan fingerprint density at radius 1 is 1.30 bits per heavy atom. The monoisotopic (exact) mass is 278 g/mol. The van der Waals surface area contributed by atoms with Crippen molar-refractivity contribution >= 4 is 5.91 Å². The summed E-state index contributed by atoms with van der Waals surface area (Å²) in [5.74, 6) is 1.24. The highest BCUT2D eigenvalue weighted by molar-refractivity contribution is 5.94. The largest absolute Gasteiger partial charge is 0.494 e. The first kappa shape index (κ1) is 16.5. The number of nitrogens with two attached hydrogens (primary N) is 1. The molecule has 1 aromatic rings. The molecule has 0 aliphatic rings. The minimum atomic E-state index is 0.0176. The summed E-state index contributed by atoms with van der Waals surface area (Å²) in [6.45, 7) is 7.42. The van der Waals surface area contributed by atoms with Gasteiger partial charge in [0.05, 0.1) is 6.61 Å². The molecule has 0 aromatic heterocycles. The number of nitrogens with zero attached hydrogens (tertiary/aromatic N) is 1. The van der Waals surface area contributed by atoms with Crippen LogP contribution >= 0.6 is 0 Å². The molecular weight excluding hydrogens is 252 g/mol. The van der Waals surface area contributed by atoms with Gasteiger partial charge in [-0.3, -0.25) is 4.79 Å². The van der Waals surface area contributed by atoms with E-state index in [0.717, 1.165) is 12.2 Å². The lowest BCUT2D eigenvalue weighted by Gasteiger charge is -2.21. The summed E-state index contributed by atoms with van der Waals surface area (Å²) in [6, 6.07) is 7.37. The van der Waals surface area contributed by atoms with Crippen LogP contribution in [0.1, 0.15) is 37.6 Å². The number of rotatable bonds is 7. The smallest absolute Gasteiger partial charge is 0.253 e. The molecule has 0 aliphatic carbocycles. The normalized spacial score (nSPS) is 12.3. The fraction of sp³-hybridized carbons (Fsp3) is 0.562. The fourth-order valence-corrected chi connectivity index (χ4v) is 1.86. The number of amides is 1. The molecule has 20 heavy (non-hydrogen) atoms. The number of ether oxygens (including phenoxy) is 1. The van der Waals surface area contributed by atoms with Crippen LogP contribution in [0.15, 0.2) is 24.3 Å². The maximum absolute atomic E-state index is 12.2. The minimum absolute atomic E-state index is 0.0176. The molecule has 1 amide bonds. The molecule has 0 radical (unpaired) electrons. The molecule has 0 heterocycles. The first-order chi connectivity index (χ1) is 9.45.